The Morgan fingerprint density at radius 1 is 1.12 bits per heavy atom. The zero-order valence-electron chi connectivity index (χ0n) is 19.3. The van der Waals surface area contributed by atoms with Gasteiger partial charge in [0.25, 0.3) is 0 Å². The maximum absolute atomic E-state index is 13.3. The van der Waals surface area contributed by atoms with Gasteiger partial charge in [-0.1, -0.05) is 37.6 Å². The predicted octanol–water partition coefficient (Wildman–Crippen LogP) is 4.82. The molecule has 1 N–H and O–H groups in total. The van der Waals surface area contributed by atoms with Gasteiger partial charge in [0.05, 0.1) is 23.2 Å². The Balaban J connectivity index is 1.62. The number of likely N-dealkylation sites (N-methyl/N-ethyl adjacent to an activating group) is 1. The van der Waals surface area contributed by atoms with E-state index in [0.717, 1.165) is 56.0 Å². The van der Waals surface area contributed by atoms with Crippen LogP contribution in [0.15, 0.2) is 48.5 Å². The number of aromatic nitrogens is 2. The Morgan fingerprint density at radius 2 is 1.85 bits per heavy atom. The van der Waals surface area contributed by atoms with Gasteiger partial charge in [-0.05, 0) is 54.9 Å². The first kappa shape index (κ1) is 23.9. The Kier molecular flexibility index (Phi) is 7.81. The van der Waals surface area contributed by atoms with Gasteiger partial charge >= 0.3 is 0 Å². The van der Waals surface area contributed by atoms with Crippen molar-refractivity contribution >= 4 is 11.6 Å². The monoisotopic (exact) mass is 470 g/mol. The summed E-state index contributed by atoms with van der Waals surface area (Å²) in [6.45, 7) is 8.78. The molecule has 1 atom stereocenters. The second-order valence-corrected chi connectivity index (χ2v) is 9.17. The summed E-state index contributed by atoms with van der Waals surface area (Å²) >= 11 is 6.11. The molecule has 7 heteroatoms. The maximum Gasteiger partial charge on any atom is 0.123 e. The average molecular weight is 471 g/mol. The molecule has 1 aromatic heterocycles. The van der Waals surface area contributed by atoms with Crippen molar-refractivity contribution in [3.63, 3.8) is 0 Å². The van der Waals surface area contributed by atoms with Crippen molar-refractivity contribution in [2.45, 2.75) is 52.4 Å². The van der Waals surface area contributed by atoms with Gasteiger partial charge in [0.15, 0.2) is 0 Å². The molecule has 5 nitrogen and oxygen atoms in total. The van der Waals surface area contributed by atoms with Crippen molar-refractivity contribution in [2.24, 2.45) is 0 Å². The van der Waals surface area contributed by atoms with E-state index in [9.17, 15) is 9.50 Å². The average Bonchev–Trinajstić information content (AvgIpc) is 3.18. The summed E-state index contributed by atoms with van der Waals surface area (Å²) in [6, 6.07) is 14.5. The molecule has 0 fully saturated rings. The van der Waals surface area contributed by atoms with Crippen molar-refractivity contribution in [3.8, 4) is 5.69 Å². The predicted molar refractivity (Wildman–Crippen MR) is 130 cm³/mol. The standard InChI is InChI=1S/C26H32ClFN4O/c1-3-23(33)16-30(4-2)18-25-24-17-31(15-19-5-9-21(28)10-6-19)14-13-26(24)32(29-25)22-11-7-20(27)8-12-22/h5-12,23,33H,3-4,13-18H2,1-2H3. The van der Waals surface area contributed by atoms with Crippen LogP contribution >= 0.6 is 11.6 Å². The van der Waals surface area contributed by atoms with Crippen LogP contribution in [0.2, 0.25) is 5.02 Å². The van der Waals surface area contributed by atoms with Gasteiger partial charge in [-0.25, -0.2) is 9.07 Å². The number of aliphatic hydroxyl groups is 1. The van der Waals surface area contributed by atoms with Gasteiger partial charge in [0, 0.05) is 49.7 Å². The highest BCUT2D eigenvalue weighted by Gasteiger charge is 2.26. The molecule has 2 aromatic carbocycles. The molecule has 3 aromatic rings. The molecule has 0 aliphatic carbocycles. The number of hydrogen-bond acceptors (Lipinski definition) is 4. The zero-order chi connectivity index (χ0) is 23.4. The first-order valence-electron chi connectivity index (χ1n) is 11.7. The normalized spacial score (nSPS) is 15.1. The quantitative estimate of drug-likeness (QED) is 0.487. The minimum atomic E-state index is -0.339. The highest BCUT2D eigenvalue weighted by Crippen LogP contribution is 2.28. The van der Waals surface area contributed by atoms with Crippen LogP contribution in [0.5, 0.6) is 0 Å². The summed E-state index contributed by atoms with van der Waals surface area (Å²) in [5.74, 6) is -0.208. The fourth-order valence-corrected chi connectivity index (χ4v) is 4.52. The number of hydrogen-bond donors (Lipinski definition) is 1. The summed E-state index contributed by atoms with van der Waals surface area (Å²) in [5.41, 5.74) is 5.64. The second-order valence-electron chi connectivity index (χ2n) is 8.74. The Bertz CT molecular complexity index is 1050. The number of benzene rings is 2. The van der Waals surface area contributed by atoms with E-state index in [0.29, 0.717) is 18.1 Å². The van der Waals surface area contributed by atoms with Crippen LogP contribution < -0.4 is 0 Å². The molecule has 33 heavy (non-hydrogen) atoms. The topological polar surface area (TPSA) is 44.5 Å². The molecular weight excluding hydrogens is 439 g/mol. The van der Waals surface area contributed by atoms with Crippen LogP contribution in [0, 0.1) is 5.82 Å². The molecule has 4 rings (SSSR count). The van der Waals surface area contributed by atoms with Crippen LogP contribution in [0.25, 0.3) is 5.69 Å². The lowest BCUT2D eigenvalue weighted by molar-refractivity contribution is 0.107. The van der Waals surface area contributed by atoms with Crippen LogP contribution in [0.4, 0.5) is 4.39 Å². The fourth-order valence-electron chi connectivity index (χ4n) is 4.39. The molecule has 2 heterocycles. The number of rotatable bonds is 9. The molecule has 1 unspecified atom stereocenters. The van der Waals surface area contributed by atoms with Gasteiger partial charge < -0.3 is 5.11 Å². The van der Waals surface area contributed by atoms with E-state index in [4.69, 9.17) is 16.7 Å². The lowest BCUT2D eigenvalue weighted by atomic mass is 10.0. The van der Waals surface area contributed by atoms with E-state index < -0.39 is 0 Å². The Labute approximate surface area is 200 Å². The summed E-state index contributed by atoms with van der Waals surface area (Å²) in [4.78, 5) is 4.64. The van der Waals surface area contributed by atoms with E-state index in [2.05, 4.69) is 21.4 Å². The van der Waals surface area contributed by atoms with Crippen molar-refractivity contribution in [1.82, 2.24) is 19.6 Å². The number of halogens is 2. The van der Waals surface area contributed by atoms with Gasteiger partial charge in [0.1, 0.15) is 5.82 Å². The smallest absolute Gasteiger partial charge is 0.123 e. The largest absolute Gasteiger partial charge is 0.392 e. The van der Waals surface area contributed by atoms with Crippen molar-refractivity contribution in [3.05, 3.63) is 81.9 Å². The molecule has 0 amide bonds. The van der Waals surface area contributed by atoms with E-state index in [-0.39, 0.29) is 11.9 Å². The summed E-state index contributed by atoms with van der Waals surface area (Å²) in [6.07, 6.45) is 1.28. The van der Waals surface area contributed by atoms with E-state index >= 15 is 0 Å². The molecule has 0 saturated carbocycles. The Hall–Kier alpha value is -2.25. The zero-order valence-corrected chi connectivity index (χ0v) is 20.1. The molecule has 0 bridgehead atoms. The third kappa shape index (κ3) is 5.82. The van der Waals surface area contributed by atoms with Crippen molar-refractivity contribution in [1.29, 1.82) is 0 Å². The van der Waals surface area contributed by atoms with Crippen LogP contribution in [0.3, 0.4) is 0 Å². The third-order valence-electron chi connectivity index (χ3n) is 6.37. The maximum atomic E-state index is 13.3. The van der Waals surface area contributed by atoms with E-state index in [1.807, 2.05) is 43.3 Å². The van der Waals surface area contributed by atoms with Crippen molar-refractivity contribution in [2.75, 3.05) is 19.6 Å². The van der Waals surface area contributed by atoms with Gasteiger partial charge in [-0.15, -0.1) is 0 Å². The first-order chi connectivity index (χ1) is 16.0. The molecule has 176 valence electrons. The molecule has 1 aliphatic rings. The third-order valence-corrected chi connectivity index (χ3v) is 6.62. The number of fused-ring (bicyclic) bond motifs is 1. The summed E-state index contributed by atoms with van der Waals surface area (Å²) in [7, 11) is 0. The lowest BCUT2D eigenvalue weighted by Crippen LogP contribution is -2.33. The highest BCUT2D eigenvalue weighted by molar-refractivity contribution is 6.30. The molecular formula is C26H32ClFN4O. The van der Waals surface area contributed by atoms with E-state index in [1.54, 1.807) is 0 Å². The van der Waals surface area contributed by atoms with Gasteiger partial charge in [-0.3, -0.25) is 9.80 Å². The minimum Gasteiger partial charge on any atom is -0.392 e. The van der Waals surface area contributed by atoms with Crippen LogP contribution in [0.1, 0.15) is 42.8 Å². The highest BCUT2D eigenvalue weighted by atomic mass is 35.5. The molecule has 0 spiro atoms. The number of nitrogens with zero attached hydrogens (tertiary/aromatic N) is 4. The van der Waals surface area contributed by atoms with Crippen molar-refractivity contribution < 1.29 is 9.50 Å². The first-order valence-corrected chi connectivity index (χ1v) is 12.1. The van der Waals surface area contributed by atoms with Crippen LogP contribution in [-0.4, -0.2) is 50.4 Å². The van der Waals surface area contributed by atoms with Gasteiger partial charge in [0.2, 0.25) is 0 Å². The second kappa shape index (κ2) is 10.8. The lowest BCUT2D eigenvalue weighted by Gasteiger charge is -2.28. The Morgan fingerprint density at radius 3 is 2.52 bits per heavy atom. The van der Waals surface area contributed by atoms with Gasteiger partial charge in [-0.2, -0.15) is 5.10 Å². The molecule has 0 saturated heterocycles. The minimum absolute atomic E-state index is 0.208. The molecule has 0 radical (unpaired) electrons. The van der Waals surface area contributed by atoms with Crippen LogP contribution in [-0.2, 0) is 26.1 Å². The fraction of sp³-hybridized carbons (Fsp3) is 0.423. The number of aliphatic hydroxyl groups excluding tert-OH is 1. The molecule has 1 aliphatic heterocycles. The van der Waals surface area contributed by atoms with E-state index in [1.165, 1.54) is 23.4 Å². The summed E-state index contributed by atoms with van der Waals surface area (Å²) in [5, 5.41) is 15.9. The SMILES string of the molecule is CCC(O)CN(CC)Cc1nn(-c2ccc(Cl)cc2)c2c1CN(Cc1ccc(F)cc1)CC2. The summed E-state index contributed by atoms with van der Waals surface area (Å²) < 4.78 is 15.4.